The highest BCUT2D eigenvalue weighted by molar-refractivity contribution is 6.05. The van der Waals surface area contributed by atoms with E-state index in [2.05, 4.69) is 5.32 Å². The Morgan fingerprint density at radius 3 is 2.33 bits per heavy atom. The normalized spacial score (nSPS) is 21.4. The maximum absolute atomic E-state index is 13.2. The zero-order valence-corrected chi connectivity index (χ0v) is 24.3. The molecule has 11 nitrogen and oxygen atoms in total. The number of aryl methyl sites for hydroxylation is 1. The molecule has 4 atom stereocenters. The molecule has 0 radical (unpaired) electrons. The Kier molecular flexibility index (Phi) is 8.17. The highest BCUT2D eigenvalue weighted by Gasteiger charge is 2.50. The maximum Gasteiger partial charge on any atom is 0.360 e. The van der Waals surface area contributed by atoms with Gasteiger partial charge in [-0.2, -0.15) is 0 Å². The first-order valence-corrected chi connectivity index (χ1v) is 13.5. The van der Waals surface area contributed by atoms with E-state index in [0.717, 1.165) is 5.56 Å². The van der Waals surface area contributed by atoms with Crippen LogP contribution in [0.25, 0.3) is 22.1 Å². The molecule has 4 N–H and O–H groups in total. The van der Waals surface area contributed by atoms with E-state index >= 15 is 0 Å². The molecule has 1 aliphatic heterocycles. The van der Waals surface area contributed by atoms with Crippen molar-refractivity contribution in [1.82, 2.24) is 0 Å². The van der Waals surface area contributed by atoms with Crippen LogP contribution in [0.1, 0.15) is 29.8 Å². The molecule has 1 aliphatic rings. The van der Waals surface area contributed by atoms with Crippen LogP contribution in [0.3, 0.4) is 0 Å². The number of nitrogens with one attached hydrogen (secondary N) is 1. The SMILES string of the molecule is COc1ccc(C(=O)Nc2cc3ccc(O[C@@H]4OC(C)(C)[C@H](OC)[C@@H](O)[C@@H]4O)c(C)c3oc2=O)cc1-c1ccc(O)cc1. The summed E-state index contributed by atoms with van der Waals surface area (Å²) in [7, 11) is 2.94. The number of aliphatic hydroxyl groups excluding tert-OH is 2. The second-order valence-electron chi connectivity index (χ2n) is 10.8. The van der Waals surface area contributed by atoms with E-state index in [-0.39, 0.29) is 28.3 Å². The topological polar surface area (TPSA) is 157 Å². The number of methoxy groups -OCH3 is 2. The molecule has 0 aliphatic carbocycles. The molecule has 1 aromatic heterocycles. The summed E-state index contributed by atoms with van der Waals surface area (Å²) in [5.74, 6) is 0.375. The van der Waals surface area contributed by atoms with Crippen LogP contribution in [0.5, 0.6) is 17.2 Å². The van der Waals surface area contributed by atoms with Gasteiger partial charge in [-0.3, -0.25) is 4.79 Å². The minimum Gasteiger partial charge on any atom is -0.508 e. The summed E-state index contributed by atoms with van der Waals surface area (Å²) in [6.45, 7) is 5.11. The van der Waals surface area contributed by atoms with Crippen molar-refractivity contribution in [1.29, 1.82) is 0 Å². The van der Waals surface area contributed by atoms with Crippen LogP contribution in [0.2, 0.25) is 0 Å². The van der Waals surface area contributed by atoms with Crippen molar-refractivity contribution in [2.75, 3.05) is 19.5 Å². The minimum absolute atomic E-state index is 0.0610. The number of rotatable bonds is 7. The van der Waals surface area contributed by atoms with Gasteiger partial charge >= 0.3 is 5.63 Å². The van der Waals surface area contributed by atoms with E-state index in [1.54, 1.807) is 63.2 Å². The number of aliphatic hydroxyl groups is 2. The van der Waals surface area contributed by atoms with Crippen LogP contribution in [0.4, 0.5) is 5.69 Å². The summed E-state index contributed by atoms with van der Waals surface area (Å²) in [5, 5.41) is 33.9. The summed E-state index contributed by atoms with van der Waals surface area (Å²) in [6.07, 6.45) is -4.64. The molecule has 0 bridgehead atoms. The Morgan fingerprint density at radius 1 is 0.953 bits per heavy atom. The van der Waals surface area contributed by atoms with Gasteiger partial charge in [-0.05, 0) is 74.9 Å². The molecular weight excluding hydrogens is 558 g/mol. The van der Waals surface area contributed by atoms with Gasteiger partial charge in [0.05, 0.1) is 12.7 Å². The second kappa shape index (κ2) is 11.7. The third-order valence-corrected chi connectivity index (χ3v) is 7.53. The quantitative estimate of drug-likeness (QED) is 0.232. The third-order valence-electron chi connectivity index (χ3n) is 7.53. The molecule has 0 unspecified atom stereocenters. The second-order valence-corrected chi connectivity index (χ2v) is 10.8. The Morgan fingerprint density at radius 2 is 1.65 bits per heavy atom. The van der Waals surface area contributed by atoms with Gasteiger partial charge in [-0.1, -0.05) is 12.1 Å². The number of ether oxygens (including phenoxy) is 4. The van der Waals surface area contributed by atoms with Crippen LogP contribution >= 0.6 is 0 Å². The summed E-state index contributed by atoms with van der Waals surface area (Å²) in [6, 6.07) is 16.1. The zero-order valence-electron chi connectivity index (χ0n) is 24.3. The predicted molar refractivity (Wildman–Crippen MR) is 158 cm³/mol. The largest absolute Gasteiger partial charge is 0.508 e. The average molecular weight is 592 g/mol. The van der Waals surface area contributed by atoms with Crippen molar-refractivity contribution in [3.05, 3.63) is 82.2 Å². The number of carbonyl (C=O) groups excluding carboxylic acids is 1. The van der Waals surface area contributed by atoms with Crippen molar-refractivity contribution in [3.8, 4) is 28.4 Å². The first kappa shape index (κ1) is 30.1. The predicted octanol–water partition coefficient (Wildman–Crippen LogP) is 3.99. The van der Waals surface area contributed by atoms with Crippen molar-refractivity contribution >= 4 is 22.6 Å². The van der Waals surface area contributed by atoms with Gasteiger partial charge in [0.2, 0.25) is 6.29 Å². The number of hydrogen-bond acceptors (Lipinski definition) is 10. The molecule has 43 heavy (non-hydrogen) atoms. The van der Waals surface area contributed by atoms with E-state index < -0.39 is 41.7 Å². The fraction of sp³-hybridized carbons (Fsp3) is 0.312. The summed E-state index contributed by atoms with van der Waals surface area (Å²) in [5.41, 5.74) is 0.510. The van der Waals surface area contributed by atoms with E-state index in [9.17, 15) is 24.9 Å². The lowest BCUT2D eigenvalue weighted by Gasteiger charge is -2.46. The molecule has 0 spiro atoms. The number of phenols is 1. The molecule has 5 rings (SSSR count). The molecule has 226 valence electrons. The monoisotopic (exact) mass is 591 g/mol. The van der Waals surface area contributed by atoms with Crippen LogP contribution in [-0.2, 0) is 9.47 Å². The smallest absolute Gasteiger partial charge is 0.360 e. The lowest BCUT2D eigenvalue weighted by atomic mass is 9.89. The van der Waals surface area contributed by atoms with Gasteiger partial charge in [-0.25, -0.2) is 4.79 Å². The van der Waals surface area contributed by atoms with E-state index in [1.165, 1.54) is 32.4 Å². The van der Waals surface area contributed by atoms with Gasteiger partial charge < -0.3 is 44.0 Å². The Balaban J connectivity index is 1.39. The molecular formula is C32H33NO10. The first-order chi connectivity index (χ1) is 20.4. The number of phenolic OH excluding ortho intramolecular Hbond substituents is 1. The number of anilines is 1. The summed E-state index contributed by atoms with van der Waals surface area (Å²) < 4.78 is 28.2. The van der Waals surface area contributed by atoms with Crippen LogP contribution in [-0.4, -0.2) is 65.6 Å². The van der Waals surface area contributed by atoms with Crippen molar-refractivity contribution in [3.63, 3.8) is 0 Å². The van der Waals surface area contributed by atoms with Gasteiger partial charge in [0.15, 0.2) is 0 Å². The Labute approximate surface area is 247 Å². The lowest BCUT2D eigenvalue weighted by Crippen LogP contribution is -2.63. The molecule has 2 heterocycles. The number of hydrogen-bond donors (Lipinski definition) is 4. The van der Waals surface area contributed by atoms with E-state index in [4.69, 9.17) is 23.4 Å². The molecule has 1 amide bonds. The van der Waals surface area contributed by atoms with Crippen LogP contribution in [0, 0.1) is 6.92 Å². The third kappa shape index (κ3) is 5.80. The van der Waals surface area contributed by atoms with E-state index in [0.29, 0.717) is 22.3 Å². The van der Waals surface area contributed by atoms with Gasteiger partial charge in [0.25, 0.3) is 5.91 Å². The highest BCUT2D eigenvalue weighted by atomic mass is 16.7. The fourth-order valence-electron chi connectivity index (χ4n) is 5.26. The molecule has 1 fully saturated rings. The average Bonchev–Trinajstić information content (AvgIpc) is 2.98. The van der Waals surface area contributed by atoms with Gasteiger partial charge in [0.1, 0.15) is 46.8 Å². The van der Waals surface area contributed by atoms with Gasteiger partial charge in [0, 0.05) is 29.2 Å². The summed E-state index contributed by atoms with van der Waals surface area (Å²) in [4.78, 5) is 26.1. The molecule has 11 heteroatoms. The van der Waals surface area contributed by atoms with E-state index in [1.807, 2.05) is 0 Å². The highest BCUT2D eigenvalue weighted by Crippen LogP contribution is 2.35. The summed E-state index contributed by atoms with van der Waals surface area (Å²) >= 11 is 0. The van der Waals surface area contributed by atoms with Crippen LogP contribution < -0.4 is 20.4 Å². The molecule has 0 saturated carbocycles. The zero-order chi connectivity index (χ0) is 31.1. The number of fused-ring (bicyclic) bond motifs is 1. The molecule has 4 aromatic rings. The number of carbonyl (C=O) groups is 1. The van der Waals surface area contributed by atoms with Crippen molar-refractivity contribution in [2.24, 2.45) is 0 Å². The Bertz CT molecular complexity index is 1710. The van der Waals surface area contributed by atoms with Crippen molar-refractivity contribution < 1.29 is 43.5 Å². The number of aromatic hydroxyl groups is 1. The first-order valence-electron chi connectivity index (χ1n) is 13.5. The van der Waals surface area contributed by atoms with Crippen LogP contribution in [0.15, 0.2) is 69.9 Å². The maximum atomic E-state index is 13.2. The molecule has 1 saturated heterocycles. The Hall–Kier alpha value is -4.42. The number of amides is 1. The van der Waals surface area contributed by atoms with Crippen molar-refractivity contribution in [2.45, 2.75) is 51.0 Å². The fourth-order valence-corrected chi connectivity index (χ4v) is 5.26. The number of benzene rings is 3. The lowest BCUT2D eigenvalue weighted by molar-refractivity contribution is -0.306. The molecule has 3 aromatic carbocycles. The van der Waals surface area contributed by atoms with Gasteiger partial charge in [-0.15, -0.1) is 0 Å². The minimum atomic E-state index is -1.40. The standard InChI is InChI=1S/C32H33NO10/c1-16-23(41-31-26(36)25(35)28(40-5)32(2,3)43-31)12-8-18-15-22(30(38)42-27(16)18)33-29(37)19-9-13-24(39-4)21(14-19)17-6-10-20(34)11-7-17/h6-15,25-26,28,31,34-36H,1-5H3,(H,33,37)/t25-,26-,28+,31+/m0/s1.